The van der Waals surface area contributed by atoms with E-state index in [-0.39, 0.29) is 0 Å². The highest BCUT2D eigenvalue weighted by molar-refractivity contribution is 7.15. The first-order valence-corrected chi connectivity index (χ1v) is 6.75. The molecule has 0 spiro atoms. The number of thiazole rings is 1. The summed E-state index contributed by atoms with van der Waals surface area (Å²) < 4.78 is 2.01. The highest BCUT2D eigenvalue weighted by Crippen LogP contribution is 2.11. The largest absolute Gasteiger partial charge is 0.357 e. The van der Waals surface area contributed by atoms with Crippen LogP contribution in [-0.4, -0.2) is 28.4 Å². The minimum absolute atomic E-state index is 0.570. The topological polar surface area (TPSA) is 53.7 Å². The summed E-state index contributed by atoms with van der Waals surface area (Å²) in [6.07, 6.45) is 5.81. The summed E-state index contributed by atoms with van der Waals surface area (Å²) >= 11 is 1.63. The van der Waals surface area contributed by atoms with E-state index in [9.17, 15) is 0 Å². The third-order valence-electron chi connectivity index (χ3n) is 2.30. The van der Waals surface area contributed by atoms with Crippen molar-refractivity contribution in [2.75, 3.05) is 13.1 Å². The Kier molecular flexibility index (Phi) is 4.35. The van der Waals surface area contributed by atoms with Crippen LogP contribution in [0.4, 0.5) is 0 Å². The van der Waals surface area contributed by atoms with Crippen molar-refractivity contribution in [1.82, 2.24) is 20.0 Å². The average Bonchev–Trinajstić information content (AvgIpc) is 2.93. The fourth-order valence-electron chi connectivity index (χ4n) is 1.52. The summed E-state index contributed by atoms with van der Waals surface area (Å²) in [6.45, 7) is 7.82. The zero-order valence-electron chi connectivity index (χ0n) is 10.4. The Bertz CT molecular complexity index is 511. The molecule has 96 valence electrons. The van der Waals surface area contributed by atoms with Gasteiger partial charge in [0.15, 0.2) is 10.9 Å². The lowest BCUT2D eigenvalue weighted by Gasteiger charge is -2.08. The third-order valence-corrected chi connectivity index (χ3v) is 3.07. The zero-order chi connectivity index (χ0) is 12.8. The molecule has 0 saturated heterocycles. The van der Waals surface area contributed by atoms with Gasteiger partial charge in [0.1, 0.15) is 0 Å². The quantitative estimate of drug-likeness (QED) is 0.490. The number of hydrogen-bond donors (Lipinski definition) is 2. The fourth-order valence-corrected chi connectivity index (χ4v) is 2.24. The molecule has 0 aliphatic carbocycles. The van der Waals surface area contributed by atoms with Crippen molar-refractivity contribution in [3.05, 3.63) is 36.1 Å². The first-order chi connectivity index (χ1) is 8.83. The molecule has 0 fully saturated rings. The number of aliphatic imine (C=N–C) groups is 1. The lowest BCUT2D eigenvalue weighted by Crippen LogP contribution is -2.37. The molecule has 2 heterocycles. The maximum absolute atomic E-state index is 4.48. The second-order valence-electron chi connectivity index (χ2n) is 3.69. The molecule has 0 atom stereocenters. The van der Waals surface area contributed by atoms with Crippen molar-refractivity contribution in [2.24, 2.45) is 4.99 Å². The van der Waals surface area contributed by atoms with Gasteiger partial charge in [-0.3, -0.25) is 4.40 Å². The van der Waals surface area contributed by atoms with E-state index in [0.717, 1.165) is 23.2 Å². The monoisotopic (exact) mass is 263 g/mol. The van der Waals surface area contributed by atoms with Gasteiger partial charge in [0.25, 0.3) is 0 Å². The van der Waals surface area contributed by atoms with Crippen LogP contribution in [-0.2, 0) is 6.54 Å². The van der Waals surface area contributed by atoms with Crippen LogP contribution < -0.4 is 10.6 Å². The van der Waals surface area contributed by atoms with Crippen LogP contribution in [0.1, 0.15) is 12.6 Å². The number of rotatable bonds is 5. The minimum Gasteiger partial charge on any atom is -0.357 e. The average molecular weight is 263 g/mol. The predicted octanol–water partition coefficient (Wildman–Crippen LogP) is 1.64. The van der Waals surface area contributed by atoms with Gasteiger partial charge >= 0.3 is 0 Å². The fraction of sp³-hybridized carbons (Fsp3) is 0.333. The van der Waals surface area contributed by atoms with Crippen molar-refractivity contribution in [3.63, 3.8) is 0 Å². The summed E-state index contributed by atoms with van der Waals surface area (Å²) in [5, 5.41) is 8.35. The first-order valence-electron chi connectivity index (χ1n) is 5.87. The summed E-state index contributed by atoms with van der Waals surface area (Å²) in [4.78, 5) is 9.96. The summed E-state index contributed by atoms with van der Waals surface area (Å²) in [7, 11) is 0. The van der Waals surface area contributed by atoms with E-state index in [2.05, 4.69) is 27.2 Å². The molecule has 0 amide bonds. The molecular weight excluding hydrogens is 246 g/mol. The first kappa shape index (κ1) is 12.6. The van der Waals surface area contributed by atoms with Gasteiger partial charge in [-0.15, -0.1) is 17.9 Å². The van der Waals surface area contributed by atoms with Gasteiger partial charge in [0.2, 0.25) is 0 Å². The Morgan fingerprint density at radius 2 is 2.50 bits per heavy atom. The number of imidazole rings is 1. The number of fused-ring (bicyclic) bond motifs is 1. The van der Waals surface area contributed by atoms with Gasteiger partial charge in [0.05, 0.1) is 12.2 Å². The van der Waals surface area contributed by atoms with Crippen LogP contribution >= 0.6 is 11.3 Å². The van der Waals surface area contributed by atoms with Crippen LogP contribution in [0.2, 0.25) is 0 Å². The van der Waals surface area contributed by atoms with Gasteiger partial charge in [-0.2, -0.15) is 0 Å². The van der Waals surface area contributed by atoms with Crippen LogP contribution in [0.5, 0.6) is 0 Å². The maximum atomic E-state index is 4.48. The Balaban J connectivity index is 2.01. The Morgan fingerprint density at radius 3 is 3.22 bits per heavy atom. The van der Waals surface area contributed by atoms with Crippen molar-refractivity contribution in [1.29, 1.82) is 0 Å². The van der Waals surface area contributed by atoms with Crippen molar-refractivity contribution >= 4 is 22.3 Å². The Labute approximate surface area is 110 Å². The molecule has 2 aromatic heterocycles. The third kappa shape index (κ3) is 3.10. The standard InChI is InChI=1S/C12H17N5S/c1-3-5-14-11(13-4-2)15-8-10-9-17-6-7-18-12(17)16-10/h3,6-7,9H,1,4-5,8H2,2H3,(H2,13,14,15). The van der Waals surface area contributed by atoms with E-state index in [1.54, 1.807) is 17.4 Å². The van der Waals surface area contributed by atoms with Gasteiger partial charge in [-0.05, 0) is 6.92 Å². The molecule has 6 heteroatoms. The highest BCUT2D eigenvalue weighted by atomic mass is 32.1. The highest BCUT2D eigenvalue weighted by Gasteiger charge is 2.02. The van der Waals surface area contributed by atoms with Gasteiger partial charge < -0.3 is 10.6 Å². The lowest BCUT2D eigenvalue weighted by molar-refractivity contribution is 0.855. The molecule has 0 aliphatic heterocycles. The summed E-state index contributed by atoms with van der Waals surface area (Å²) in [5.74, 6) is 0.786. The van der Waals surface area contributed by atoms with Crippen molar-refractivity contribution in [2.45, 2.75) is 13.5 Å². The summed E-state index contributed by atoms with van der Waals surface area (Å²) in [6, 6.07) is 0. The molecule has 0 bridgehead atoms. The number of guanidine groups is 1. The second kappa shape index (κ2) is 6.20. The van der Waals surface area contributed by atoms with Crippen molar-refractivity contribution in [3.8, 4) is 0 Å². The number of aromatic nitrogens is 2. The van der Waals surface area contributed by atoms with Crippen LogP contribution in [0, 0.1) is 0 Å². The SMILES string of the molecule is C=CCNC(=NCc1cn2ccsc2n1)NCC. The van der Waals surface area contributed by atoms with Gasteiger partial charge in [-0.25, -0.2) is 9.98 Å². The van der Waals surface area contributed by atoms with Gasteiger partial charge in [0, 0.05) is 30.9 Å². The molecule has 5 nitrogen and oxygen atoms in total. The smallest absolute Gasteiger partial charge is 0.193 e. The normalized spacial score (nSPS) is 11.7. The molecule has 0 aliphatic rings. The summed E-state index contributed by atoms with van der Waals surface area (Å²) in [5.41, 5.74) is 0.970. The lowest BCUT2D eigenvalue weighted by atomic mass is 10.5. The maximum Gasteiger partial charge on any atom is 0.193 e. The van der Waals surface area contributed by atoms with Crippen LogP contribution in [0.3, 0.4) is 0 Å². The molecule has 0 unspecified atom stereocenters. The second-order valence-corrected chi connectivity index (χ2v) is 4.56. The molecule has 2 rings (SSSR count). The Hall–Kier alpha value is -1.82. The molecule has 0 radical (unpaired) electrons. The molecule has 2 aromatic rings. The Morgan fingerprint density at radius 1 is 1.61 bits per heavy atom. The van der Waals surface area contributed by atoms with Crippen LogP contribution in [0.15, 0.2) is 35.4 Å². The molecule has 0 saturated carbocycles. The number of nitrogens with zero attached hydrogens (tertiary/aromatic N) is 3. The minimum atomic E-state index is 0.570. The van der Waals surface area contributed by atoms with Gasteiger partial charge in [-0.1, -0.05) is 6.08 Å². The van der Waals surface area contributed by atoms with Crippen LogP contribution in [0.25, 0.3) is 4.96 Å². The van der Waals surface area contributed by atoms with E-state index < -0.39 is 0 Å². The zero-order valence-corrected chi connectivity index (χ0v) is 11.2. The van der Waals surface area contributed by atoms with E-state index in [0.29, 0.717) is 13.1 Å². The molecule has 0 aromatic carbocycles. The van der Waals surface area contributed by atoms with E-state index in [4.69, 9.17) is 0 Å². The molecule has 2 N–H and O–H groups in total. The molecular formula is C12H17N5S. The van der Waals surface area contributed by atoms with E-state index in [1.807, 2.05) is 29.1 Å². The van der Waals surface area contributed by atoms with E-state index >= 15 is 0 Å². The number of nitrogens with one attached hydrogen (secondary N) is 2. The predicted molar refractivity (Wildman–Crippen MR) is 76.1 cm³/mol. The van der Waals surface area contributed by atoms with Crippen molar-refractivity contribution < 1.29 is 0 Å². The van der Waals surface area contributed by atoms with E-state index in [1.165, 1.54) is 0 Å². The number of hydrogen-bond acceptors (Lipinski definition) is 3. The molecule has 18 heavy (non-hydrogen) atoms.